The molecule has 0 aliphatic heterocycles. The Morgan fingerprint density at radius 1 is 1.05 bits per heavy atom. The second kappa shape index (κ2) is 6.42. The van der Waals surface area contributed by atoms with Gasteiger partial charge in [-0.1, -0.05) is 47.0 Å². The minimum atomic E-state index is -0.981. The largest absolute Gasteiger partial charge is 0.399 e. The highest BCUT2D eigenvalue weighted by atomic mass is 35.5. The van der Waals surface area contributed by atoms with Gasteiger partial charge < -0.3 is 5.73 Å². The molecule has 1 unspecified atom stereocenters. The van der Waals surface area contributed by atoms with Gasteiger partial charge in [0.25, 0.3) is 0 Å². The van der Waals surface area contributed by atoms with Gasteiger partial charge >= 0.3 is 0 Å². The molecular formula is C16H18ClNOS. The molecule has 2 nitrogen and oxygen atoms in total. The molecule has 2 aromatic carbocycles. The van der Waals surface area contributed by atoms with Crippen LogP contribution in [0.15, 0.2) is 36.4 Å². The van der Waals surface area contributed by atoms with E-state index in [4.69, 9.17) is 17.3 Å². The van der Waals surface area contributed by atoms with E-state index >= 15 is 0 Å². The quantitative estimate of drug-likeness (QED) is 0.868. The lowest BCUT2D eigenvalue weighted by Crippen LogP contribution is -2.01. The lowest BCUT2D eigenvalue weighted by Gasteiger charge is -2.07. The fraction of sp³-hybridized carbons (Fsp3) is 0.250. The van der Waals surface area contributed by atoms with Gasteiger partial charge in [0.2, 0.25) is 0 Å². The predicted molar refractivity (Wildman–Crippen MR) is 87.3 cm³/mol. The van der Waals surface area contributed by atoms with E-state index in [0.717, 1.165) is 11.1 Å². The summed E-state index contributed by atoms with van der Waals surface area (Å²) in [6.07, 6.45) is 0. The maximum absolute atomic E-state index is 12.3. The van der Waals surface area contributed by atoms with Gasteiger partial charge in [-0.25, -0.2) is 0 Å². The molecule has 2 rings (SSSR count). The van der Waals surface area contributed by atoms with E-state index in [2.05, 4.69) is 32.0 Å². The summed E-state index contributed by atoms with van der Waals surface area (Å²) in [6, 6.07) is 11.6. The number of halogens is 1. The predicted octanol–water partition coefficient (Wildman–Crippen LogP) is 3.99. The van der Waals surface area contributed by atoms with Gasteiger partial charge in [-0.15, -0.1) is 0 Å². The summed E-state index contributed by atoms with van der Waals surface area (Å²) in [5.41, 5.74) is 10.7. The first kappa shape index (κ1) is 15.1. The van der Waals surface area contributed by atoms with Gasteiger partial charge in [-0.05, 0) is 37.1 Å². The Kier molecular flexibility index (Phi) is 4.84. The molecule has 0 amide bonds. The summed E-state index contributed by atoms with van der Waals surface area (Å²) < 4.78 is 12.3. The van der Waals surface area contributed by atoms with Crippen LogP contribution in [0.1, 0.15) is 22.3 Å². The maximum atomic E-state index is 12.3. The second-order valence-corrected chi connectivity index (χ2v) is 6.94. The van der Waals surface area contributed by atoms with Crippen LogP contribution in [0, 0.1) is 13.8 Å². The Morgan fingerprint density at radius 3 is 2.30 bits per heavy atom. The summed E-state index contributed by atoms with van der Waals surface area (Å²) in [5, 5.41) is 0.582. The van der Waals surface area contributed by atoms with Crippen LogP contribution in [0.2, 0.25) is 5.02 Å². The molecule has 0 heterocycles. The van der Waals surface area contributed by atoms with Crippen molar-refractivity contribution in [3.63, 3.8) is 0 Å². The van der Waals surface area contributed by atoms with E-state index in [0.29, 0.717) is 22.2 Å². The number of nitrogen functional groups attached to an aromatic ring is 1. The molecule has 1 atom stereocenters. The standard InChI is InChI=1S/C16H18ClNOS/c1-11-5-12(2)7-13(6-11)9-20(19)10-14-3-4-15(18)8-16(14)17/h3-8H,9-10,18H2,1-2H3. The van der Waals surface area contributed by atoms with Crippen molar-refractivity contribution < 1.29 is 4.21 Å². The molecule has 0 radical (unpaired) electrons. The van der Waals surface area contributed by atoms with Crippen LogP contribution in [-0.2, 0) is 22.3 Å². The molecule has 0 aliphatic carbocycles. The number of nitrogens with two attached hydrogens (primary N) is 1. The molecule has 0 aromatic heterocycles. The minimum Gasteiger partial charge on any atom is -0.399 e. The summed E-state index contributed by atoms with van der Waals surface area (Å²) in [6.45, 7) is 4.10. The Labute approximate surface area is 127 Å². The van der Waals surface area contributed by atoms with Gasteiger partial charge in [0.05, 0.1) is 5.75 Å². The van der Waals surface area contributed by atoms with Crippen LogP contribution < -0.4 is 5.73 Å². The Hall–Kier alpha value is -1.32. The molecule has 0 bridgehead atoms. The van der Waals surface area contributed by atoms with Crippen molar-refractivity contribution in [1.82, 2.24) is 0 Å². The average Bonchev–Trinajstić information content (AvgIpc) is 2.31. The summed E-state index contributed by atoms with van der Waals surface area (Å²) in [7, 11) is -0.981. The zero-order valence-electron chi connectivity index (χ0n) is 11.7. The molecule has 4 heteroatoms. The highest BCUT2D eigenvalue weighted by Gasteiger charge is 2.08. The summed E-state index contributed by atoms with van der Waals surface area (Å²) in [4.78, 5) is 0. The first-order chi connectivity index (χ1) is 9.44. The van der Waals surface area contributed by atoms with E-state index in [1.165, 1.54) is 11.1 Å². The Bertz CT molecular complexity index is 635. The molecule has 2 N–H and O–H groups in total. The van der Waals surface area contributed by atoms with Crippen LogP contribution >= 0.6 is 11.6 Å². The molecule has 2 aromatic rings. The van der Waals surface area contributed by atoms with Gasteiger partial charge in [0, 0.05) is 27.3 Å². The van der Waals surface area contributed by atoms with E-state index in [-0.39, 0.29) is 0 Å². The molecule has 20 heavy (non-hydrogen) atoms. The third-order valence-electron chi connectivity index (χ3n) is 3.00. The normalized spacial score (nSPS) is 12.3. The van der Waals surface area contributed by atoms with Crippen molar-refractivity contribution >= 4 is 28.1 Å². The molecule has 0 saturated heterocycles. The van der Waals surface area contributed by atoms with Crippen molar-refractivity contribution in [1.29, 1.82) is 0 Å². The van der Waals surface area contributed by atoms with Crippen molar-refractivity contribution in [2.24, 2.45) is 0 Å². The van der Waals surface area contributed by atoms with Gasteiger partial charge in [0.1, 0.15) is 0 Å². The first-order valence-corrected chi connectivity index (χ1v) is 8.26. The maximum Gasteiger partial charge on any atom is 0.0503 e. The first-order valence-electron chi connectivity index (χ1n) is 6.40. The lowest BCUT2D eigenvalue weighted by molar-refractivity contribution is 0.682. The topological polar surface area (TPSA) is 43.1 Å². The van der Waals surface area contributed by atoms with Crippen molar-refractivity contribution in [3.05, 3.63) is 63.7 Å². The number of aryl methyl sites for hydroxylation is 2. The van der Waals surface area contributed by atoms with Crippen LogP contribution in [0.4, 0.5) is 5.69 Å². The number of anilines is 1. The van der Waals surface area contributed by atoms with Crippen LogP contribution in [-0.4, -0.2) is 4.21 Å². The van der Waals surface area contributed by atoms with Crippen molar-refractivity contribution in [3.8, 4) is 0 Å². The van der Waals surface area contributed by atoms with Crippen molar-refractivity contribution in [2.75, 3.05) is 5.73 Å². The van der Waals surface area contributed by atoms with E-state index in [9.17, 15) is 4.21 Å². The van der Waals surface area contributed by atoms with Gasteiger partial charge in [-0.2, -0.15) is 0 Å². The van der Waals surface area contributed by atoms with E-state index in [1.807, 2.05) is 6.07 Å². The zero-order chi connectivity index (χ0) is 14.7. The third-order valence-corrected chi connectivity index (χ3v) is 4.64. The molecule has 106 valence electrons. The van der Waals surface area contributed by atoms with Gasteiger partial charge in [0.15, 0.2) is 0 Å². The third kappa shape index (κ3) is 4.09. The van der Waals surface area contributed by atoms with E-state index < -0.39 is 10.8 Å². The van der Waals surface area contributed by atoms with Gasteiger partial charge in [-0.3, -0.25) is 4.21 Å². The molecule has 0 fully saturated rings. The molecule has 0 saturated carbocycles. The Morgan fingerprint density at radius 2 is 1.70 bits per heavy atom. The van der Waals surface area contributed by atoms with Crippen LogP contribution in [0.5, 0.6) is 0 Å². The fourth-order valence-corrected chi connectivity index (χ4v) is 3.82. The SMILES string of the molecule is Cc1cc(C)cc(CS(=O)Cc2ccc(N)cc2Cl)c1. The fourth-order valence-electron chi connectivity index (χ4n) is 2.24. The monoisotopic (exact) mass is 307 g/mol. The number of hydrogen-bond donors (Lipinski definition) is 1. The highest BCUT2D eigenvalue weighted by molar-refractivity contribution is 7.83. The summed E-state index contributed by atoms with van der Waals surface area (Å²) in [5.74, 6) is 0.995. The molecular weight excluding hydrogens is 290 g/mol. The summed E-state index contributed by atoms with van der Waals surface area (Å²) >= 11 is 6.11. The Balaban J connectivity index is 2.09. The molecule has 0 aliphatic rings. The minimum absolute atomic E-state index is 0.450. The number of rotatable bonds is 4. The lowest BCUT2D eigenvalue weighted by atomic mass is 10.1. The molecule has 0 spiro atoms. The average molecular weight is 308 g/mol. The highest BCUT2D eigenvalue weighted by Crippen LogP contribution is 2.21. The smallest absolute Gasteiger partial charge is 0.0503 e. The van der Waals surface area contributed by atoms with Crippen LogP contribution in [0.3, 0.4) is 0 Å². The van der Waals surface area contributed by atoms with E-state index in [1.54, 1.807) is 12.1 Å². The number of benzene rings is 2. The zero-order valence-corrected chi connectivity index (χ0v) is 13.2. The number of hydrogen-bond acceptors (Lipinski definition) is 2. The van der Waals surface area contributed by atoms with Crippen LogP contribution in [0.25, 0.3) is 0 Å². The van der Waals surface area contributed by atoms with Crippen molar-refractivity contribution in [2.45, 2.75) is 25.4 Å². The second-order valence-electron chi connectivity index (χ2n) is 5.08.